The third kappa shape index (κ3) is 2.60. The van der Waals surface area contributed by atoms with Gasteiger partial charge in [-0.1, -0.05) is 26.0 Å². The van der Waals surface area contributed by atoms with Crippen molar-refractivity contribution in [2.75, 3.05) is 11.4 Å². The van der Waals surface area contributed by atoms with Crippen LogP contribution in [0.25, 0.3) is 0 Å². The maximum absolute atomic E-state index is 12.5. The average molecular weight is 277 g/mol. The fraction of sp³-hybridized carbons (Fsp3) is 0.429. The van der Waals surface area contributed by atoms with Gasteiger partial charge in [-0.05, 0) is 18.1 Å². The molecule has 2 atom stereocenters. The summed E-state index contributed by atoms with van der Waals surface area (Å²) < 4.78 is 5.50. The Morgan fingerprint density at radius 3 is 2.60 bits per heavy atom. The van der Waals surface area contributed by atoms with Crippen molar-refractivity contribution >= 4 is 17.5 Å². The molecule has 2 rings (SSSR count). The number of carbonyl (C=O) groups is 2. The Balaban J connectivity index is 2.36. The summed E-state index contributed by atoms with van der Waals surface area (Å²) in [6, 6.07) is 6.40. The lowest BCUT2D eigenvalue weighted by molar-refractivity contribution is -0.125. The van der Waals surface area contributed by atoms with Crippen LogP contribution in [-0.2, 0) is 9.59 Å². The molecule has 0 spiro atoms. The number of hydrogen-bond donors (Lipinski definition) is 2. The van der Waals surface area contributed by atoms with Crippen molar-refractivity contribution in [2.45, 2.75) is 26.0 Å². The summed E-state index contributed by atoms with van der Waals surface area (Å²) in [6.45, 7) is 3.84. The molecule has 6 nitrogen and oxygen atoms in total. The van der Waals surface area contributed by atoms with Crippen LogP contribution in [0.2, 0.25) is 0 Å². The second kappa shape index (κ2) is 5.50. The Kier molecular flexibility index (Phi) is 3.94. The largest absolute Gasteiger partial charge is 0.477 e. The van der Waals surface area contributed by atoms with Crippen molar-refractivity contribution in [3.63, 3.8) is 0 Å². The number of para-hydroxylation sites is 2. The molecule has 2 unspecified atom stereocenters. The zero-order chi connectivity index (χ0) is 14.9. The van der Waals surface area contributed by atoms with Gasteiger partial charge in [-0.2, -0.15) is 0 Å². The van der Waals surface area contributed by atoms with Crippen molar-refractivity contribution in [1.29, 1.82) is 0 Å². The number of hydrogen-bond acceptors (Lipinski definition) is 4. The molecule has 1 aromatic rings. The maximum atomic E-state index is 12.5. The number of benzene rings is 1. The van der Waals surface area contributed by atoms with Gasteiger partial charge >= 0.3 is 0 Å². The Bertz CT molecular complexity index is 530. The first-order chi connectivity index (χ1) is 9.41. The number of primary amides is 1. The molecule has 0 fully saturated rings. The highest BCUT2D eigenvalue weighted by molar-refractivity contribution is 6.00. The van der Waals surface area contributed by atoms with E-state index < -0.39 is 18.1 Å². The number of nitrogens with two attached hydrogens (primary N) is 2. The van der Waals surface area contributed by atoms with Crippen LogP contribution in [-0.4, -0.2) is 30.5 Å². The lowest BCUT2D eigenvalue weighted by Gasteiger charge is -2.35. The number of amides is 2. The van der Waals surface area contributed by atoms with E-state index in [0.29, 0.717) is 11.4 Å². The molecule has 2 amide bonds. The van der Waals surface area contributed by atoms with E-state index in [-0.39, 0.29) is 18.4 Å². The van der Waals surface area contributed by atoms with Gasteiger partial charge in [0.2, 0.25) is 5.91 Å². The van der Waals surface area contributed by atoms with E-state index in [0.717, 1.165) is 0 Å². The van der Waals surface area contributed by atoms with Crippen LogP contribution in [0.15, 0.2) is 24.3 Å². The smallest absolute Gasteiger partial charge is 0.260 e. The first-order valence-electron chi connectivity index (χ1n) is 6.53. The molecule has 6 heteroatoms. The number of fused-ring (bicyclic) bond motifs is 1. The lowest BCUT2D eigenvalue weighted by Crippen LogP contribution is -2.54. The molecule has 0 radical (unpaired) electrons. The SMILES string of the molecule is CC(C)C(N)C(=O)N1CC(C(N)=O)Oc2ccccc21. The van der Waals surface area contributed by atoms with Crippen LogP contribution in [0.3, 0.4) is 0 Å². The minimum absolute atomic E-state index is 0.00420. The summed E-state index contributed by atoms with van der Waals surface area (Å²) in [6.07, 6.45) is -0.854. The maximum Gasteiger partial charge on any atom is 0.260 e. The molecule has 1 heterocycles. The van der Waals surface area contributed by atoms with E-state index in [1.54, 1.807) is 24.3 Å². The van der Waals surface area contributed by atoms with Gasteiger partial charge in [0.05, 0.1) is 18.3 Å². The van der Waals surface area contributed by atoms with Crippen LogP contribution in [0.4, 0.5) is 5.69 Å². The highest BCUT2D eigenvalue weighted by Gasteiger charge is 2.35. The Morgan fingerprint density at radius 2 is 2.00 bits per heavy atom. The molecular weight excluding hydrogens is 258 g/mol. The van der Waals surface area contributed by atoms with E-state index >= 15 is 0 Å². The quantitative estimate of drug-likeness (QED) is 0.827. The molecule has 4 N–H and O–H groups in total. The van der Waals surface area contributed by atoms with Crippen LogP contribution in [0.5, 0.6) is 5.75 Å². The topological polar surface area (TPSA) is 98.7 Å². The van der Waals surface area contributed by atoms with E-state index in [1.165, 1.54) is 4.90 Å². The molecule has 108 valence electrons. The van der Waals surface area contributed by atoms with Crippen LogP contribution >= 0.6 is 0 Å². The van der Waals surface area contributed by atoms with Crippen molar-refractivity contribution in [1.82, 2.24) is 0 Å². The fourth-order valence-corrected chi connectivity index (χ4v) is 2.06. The molecular formula is C14H19N3O3. The molecule has 0 saturated carbocycles. The predicted molar refractivity (Wildman–Crippen MR) is 75.2 cm³/mol. The summed E-state index contributed by atoms with van der Waals surface area (Å²) >= 11 is 0. The number of ether oxygens (including phenoxy) is 1. The van der Waals surface area contributed by atoms with Crippen LogP contribution in [0, 0.1) is 5.92 Å². The van der Waals surface area contributed by atoms with Gasteiger partial charge in [0.25, 0.3) is 5.91 Å². The summed E-state index contributed by atoms with van der Waals surface area (Å²) in [4.78, 5) is 25.3. The normalized spacial score (nSPS) is 19.2. The second-order valence-electron chi connectivity index (χ2n) is 5.20. The van der Waals surface area contributed by atoms with Gasteiger partial charge in [0.15, 0.2) is 6.10 Å². The van der Waals surface area contributed by atoms with E-state index in [1.807, 2.05) is 13.8 Å². The molecule has 0 saturated heterocycles. The van der Waals surface area contributed by atoms with E-state index in [2.05, 4.69) is 0 Å². The Morgan fingerprint density at radius 1 is 1.35 bits per heavy atom. The predicted octanol–water partition coefficient (Wildman–Crippen LogP) is 0.249. The minimum atomic E-state index is -0.854. The van der Waals surface area contributed by atoms with Gasteiger partial charge in [0.1, 0.15) is 5.75 Å². The number of anilines is 1. The van der Waals surface area contributed by atoms with Crippen molar-refractivity contribution in [2.24, 2.45) is 17.4 Å². The Hall–Kier alpha value is -2.08. The molecule has 1 aliphatic heterocycles. The van der Waals surface area contributed by atoms with Crippen molar-refractivity contribution < 1.29 is 14.3 Å². The highest BCUT2D eigenvalue weighted by Crippen LogP contribution is 2.33. The lowest BCUT2D eigenvalue weighted by atomic mass is 10.0. The molecule has 1 aliphatic rings. The molecule has 0 aliphatic carbocycles. The fourth-order valence-electron chi connectivity index (χ4n) is 2.06. The number of carbonyl (C=O) groups excluding carboxylic acids is 2. The van der Waals surface area contributed by atoms with Crippen molar-refractivity contribution in [3.8, 4) is 5.75 Å². The molecule has 0 aromatic heterocycles. The third-order valence-corrected chi connectivity index (χ3v) is 3.36. The zero-order valence-corrected chi connectivity index (χ0v) is 11.6. The van der Waals surface area contributed by atoms with E-state index in [4.69, 9.17) is 16.2 Å². The minimum Gasteiger partial charge on any atom is -0.477 e. The molecule has 20 heavy (non-hydrogen) atoms. The Labute approximate surface area is 117 Å². The summed E-state index contributed by atoms with van der Waals surface area (Å²) in [5, 5.41) is 0. The molecule has 0 bridgehead atoms. The first-order valence-corrected chi connectivity index (χ1v) is 6.53. The van der Waals surface area contributed by atoms with Gasteiger partial charge in [-0.15, -0.1) is 0 Å². The van der Waals surface area contributed by atoms with Gasteiger partial charge in [-0.3, -0.25) is 9.59 Å². The average Bonchev–Trinajstić information content (AvgIpc) is 2.44. The standard InChI is InChI=1S/C14H19N3O3/c1-8(2)12(15)14(19)17-7-11(13(16)18)20-10-6-4-3-5-9(10)17/h3-6,8,11-12H,7,15H2,1-2H3,(H2,16,18). The van der Waals surface area contributed by atoms with Crippen molar-refractivity contribution in [3.05, 3.63) is 24.3 Å². The molecule has 1 aromatic carbocycles. The zero-order valence-electron chi connectivity index (χ0n) is 11.6. The third-order valence-electron chi connectivity index (χ3n) is 3.36. The second-order valence-corrected chi connectivity index (χ2v) is 5.20. The van der Waals surface area contributed by atoms with Gasteiger partial charge < -0.3 is 21.1 Å². The first kappa shape index (κ1) is 14.3. The van der Waals surface area contributed by atoms with Crippen LogP contribution in [0.1, 0.15) is 13.8 Å². The summed E-state index contributed by atoms with van der Waals surface area (Å²) in [5.74, 6) is -0.367. The summed E-state index contributed by atoms with van der Waals surface area (Å²) in [5.41, 5.74) is 11.8. The number of rotatable bonds is 3. The summed E-state index contributed by atoms with van der Waals surface area (Å²) in [7, 11) is 0. The monoisotopic (exact) mass is 277 g/mol. The van der Waals surface area contributed by atoms with Gasteiger partial charge in [-0.25, -0.2) is 0 Å². The van der Waals surface area contributed by atoms with Gasteiger partial charge in [0, 0.05) is 0 Å². The van der Waals surface area contributed by atoms with E-state index in [9.17, 15) is 9.59 Å². The number of nitrogens with zero attached hydrogens (tertiary/aromatic N) is 1. The van der Waals surface area contributed by atoms with Crippen LogP contribution < -0.4 is 21.1 Å². The highest BCUT2D eigenvalue weighted by atomic mass is 16.5.